The van der Waals surface area contributed by atoms with Gasteiger partial charge in [-0.1, -0.05) is 0 Å². The SMILES string of the molecule is COC1CCN(c2nn(C3CC3)cc2[N+](=O)[O-])CCC1NC(=O)OC(C)(C)C. The first-order valence-electron chi connectivity index (χ1n) is 9.68. The van der Waals surface area contributed by atoms with Crippen molar-refractivity contribution in [3.63, 3.8) is 0 Å². The van der Waals surface area contributed by atoms with Crippen LogP contribution in [0.25, 0.3) is 0 Å². The Balaban J connectivity index is 1.72. The van der Waals surface area contributed by atoms with Crippen LogP contribution in [-0.4, -0.2) is 58.7 Å². The molecule has 2 unspecified atom stereocenters. The lowest BCUT2D eigenvalue weighted by Gasteiger charge is -2.26. The molecule has 2 heterocycles. The van der Waals surface area contributed by atoms with Gasteiger partial charge < -0.3 is 19.7 Å². The molecule has 0 bridgehead atoms. The summed E-state index contributed by atoms with van der Waals surface area (Å²) < 4.78 is 12.6. The number of hydrogen-bond acceptors (Lipinski definition) is 7. The number of methoxy groups -OCH3 is 1. The maximum Gasteiger partial charge on any atom is 0.407 e. The topological polar surface area (TPSA) is 112 Å². The number of carbonyl (C=O) groups is 1. The number of anilines is 1. The summed E-state index contributed by atoms with van der Waals surface area (Å²) in [6.07, 6.45) is 4.04. The molecule has 1 N–H and O–H groups in total. The molecule has 0 aromatic carbocycles. The maximum atomic E-state index is 12.2. The Morgan fingerprint density at radius 1 is 1.29 bits per heavy atom. The predicted molar refractivity (Wildman–Crippen MR) is 103 cm³/mol. The third kappa shape index (κ3) is 4.92. The molecule has 156 valence electrons. The van der Waals surface area contributed by atoms with E-state index in [1.807, 2.05) is 25.7 Å². The molecule has 1 saturated carbocycles. The van der Waals surface area contributed by atoms with Crippen molar-refractivity contribution in [2.24, 2.45) is 0 Å². The van der Waals surface area contributed by atoms with Crippen LogP contribution in [0, 0.1) is 10.1 Å². The highest BCUT2D eigenvalue weighted by atomic mass is 16.6. The molecule has 0 spiro atoms. The molecular weight excluding hydrogens is 366 g/mol. The van der Waals surface area contributed by atoms with E-state index in [1.54, 1.807) is 11.8 Å². The van der Waals surface area contributed by atoms with Crippen LogP contribution in [0.15, 0.2) is 6.20 Å². The first kappa shape index (κ1) is 20.4. The van der Waals surface area contributed by atoms with Gasteiger partial charge in [0, 0.05) is 20.2 Å². The standard InChI is InChI=1S/C18H29N5O5/c1-18(2,3)28-17(24)19-13-7-9-21(10-8-15(13)27-4)16-14(23(25)26)11-22(20-16)12-5-6-12/h11-13,15H,5-10H2,1-4H3,(H,19,24). The molecule has 10 heteroatoms. The van der Waals surface area contributed by atoms with Crippen molar-refractivity contribution < 1.29 is 19.2 Å². The highest BCUT2D eigenvalue weighted by Gasteiger charge is 2.35. The third-order valence-electron chi connectivity index (χ3n) is 4.96. The van der Waals surface area contributed by atoms with Crippen LogP contribution in [0.5, 0.6) is 0 Å². The lowest BCUT2D eigenvalue weighted by Crippen LogP contribution is -2.46. The Labute approximate surface area is 164 Å². The zero-order valence-electron chi connectivity index (χ0n) is 16.9. The first-order valence-corrected chi connectivity index (χ1v) is 9.68. The van der Waals surface area contributed by atoms with Gasteiger partial charge in [0.2, 0.25) is 5.82 Å². The van der Waals surface area contributed by atoms with Gasteiger partial charge in [0.05, 0.1) is 23.1 Å². The van der Waals surface area contributed by atoms with Crippen molar-refractivity contribution in [3.8, 4) is 0 Å². The number of carbonyl (C=O) groups excluding carboxylic acids is 1. The van der Waals surface area contributed by atoms with E-state index in [1.165, 1.54) is 6.20 Å². The van der Waals surface area contributed by atoms with Gasteiger partial charge in [0.25, 0.3) is 0 Å². The summed E-state index contributed by atoms with van der Waals surface area (Å²) in [5, 5.41) is 18.9. The minimum absolute atomic E-state index is 0.0272. The summed E-state index contributed by atoms with van der Waals surface area (Å²) >= 11 is 0. The molecule has 1 aromatic heterocycles. The Bertz CT molecular complexity index is 724. The zero-order chi connectivity index (χ0) is 20.5. The Morgan fingerprint density at radius 3 is 2.54 bits per heavy atom. The number of ether oxygens (including phenoxy) is 2. The summed E-state index contributed by atoms with van der Waals surface area (Å²) in [5.74, 6) is 0.393. The minimum atomic E-state index is -0.584. The Hall–Kier alpha value is -2.36. The average molecular weight is 395 g/mol. The van der Waals surface area contributed by atoms with Crippen molar-refractivity contribution in [3.05, 3.63) is 16.3 Å². The lowest BCUT2D eigenvalue weighted by atomic mass is 10.1. The molecule has 1 aromatic rings. The fraction of sp³-hybridized carbons (Fsp3) is 0.778. The summed E-state index contributed by atoms with van der Waals surface area (Å²) in [6, 6.07) is 0.0298. The quantitative estimate of drug-likeness (QED) is 0.602. The van der Waals surface area contributed by atoms with E-state index in [-0.39, 0.29) is 28.8 Å². The molecule has 3 rings (SSSR count). The molecule has 2 fully saturated rings. The van der Waals surface area contributed by atoms with Crippen LogP contribution in [0.4, 0.5) is 16.3 Å². The van der Waals surface area contributed by atoms with Crippen LogP contribution in [-0.2, 0) is 9.47 Å². The van der Waals surface area contributed by atoms with E-state index in [2.05, 4.69) is 10.4 Å². The number of nitrogens with one attached hydrogen (secondary N) is 1. The number of nitro groups is 1. The van der Waals surface area contributed by atoms with Gasteiger partial charge in [-0.3, -0.25) is 14.8 Å². The van der Waals surface area contributed by atoms with Crippen LogP contribution < -0.4 is 10.2 Å². The minimum Gasteiger partial charge on any atom is -0.444 e. The van der Waals surface area contributed by atoms with Crippen molar-refractivity contribution in [2.45, 2.75) is 70.2 Å². The average Bonchev–Trinajstić information content (AvgIpc) is 3.37. The fourth-order valence-electron chi connectivity index (χ4n) is 3.45. The molecule has 10 nitrogen and oxygen atoms in total. The van der Waals surface area contributed by atoms with E-state index in [9.17, 15) is 14.9 Å². The van der Waals surface area contributed by atoms with Gasteiger partial charge in [0.15, 0.2) is 0 Å². The van der Waals surface area contributed by atoms with Crippen molar-refractivity contribution in [2.75, 3.05) is 25.1 Å². The van der Waals surface area contributed by atoms with Crippen molar-refractivity contribution in [1.29, 1.82) is 0 Å². The van der Waals surface area contributed by atoms with E-state index in [4.69, 9.17) is 9.47 Å². The molecule has 1 aliphatic heterocycles. The molecule has 1 aliphatic carbocycles. The molecule has 28 heavy (non-hydrogen) atoms. The number of rotatable bonds is 5. The van der Waals surface area contributed by atoms with Gasteiger partial charge in [-0.2, -0.15) is 0 Å². The molecule has 0 radical (unpaired) electrons. The highest BCUT2D eigenvalue weighted by molar-refractivity contribution is 5.68. The molecule has 1 saturated heterocycles. The Morgan fingerprint density at radius 2 is 1.96 bits per heavy atom. The number of nitrogens with zero attached hydrogens (tertiary/aromatic N) is 4. The van der Waals surface area contributed by atoms with Gasteiger partial charge in [-0.25, -0.2) is 4.79 Å². The number of aromatic nitrogens is 2. The van der Waals surface area contributed by atoms with Gasteiger partial charge >= 0.3 is 11.8 Å². The van der Waals surface area contributed by atoms with E-state index < -0.39 is 11.7 Å². The predicted octanol–water partition coefficient (Wildman–Crippen LogP) is 2.63. The zero-order valence-corrected chi connectivity index (χ0v) is 16.9. The smallest absolute Gasteiger partial charge is 0.407 e. The summed E-state index contributed by atoms with van der Waals surface area (Å²) in [5.41, 5.74) is -0.556. The molecule has 2 aliphatic rings. The lowest BCUT2D eigenvalue weighted by molar-refractivity contribution is -0.384. The second kappa shape index (κ2) is 7.94. The normalized spacial score (nSPS) is 23.2. The third-order valence-corrected chi connectivity index (χ3v) is 4.96. The summed E-state index contributed by atoms with van der Waals surface area (Å²) in [4.78, 5) is 25.2. The maximum absolute atomic E-state index is 12.2. The van der Waals surface area contributed by atoms with E-state index in [0.29, 0.717) is 31.7 Å². The number of amides is 1. The van der Waals surface area contributed by atoms with Crippen LogP contribution in [0.1, 0.15) is 52.5 Å². The Kier molecular flexibility index (Phi) is 5.78. The van der Waals surface area contributed by atoms with Gasteiger partial charge in [0.1, 0.15) is 11.8 Å². The van der Waals surface area contributed by atoms with Crippen molar-refractivity contribution >= 4 is 17.6 Å². The summed E-state index contributed by atoms with van der Waals surface area (Å²) in [7, 11) is 1.61. The largest absolute Gasteiger partial charge is 0.444 e. The fourth-order valence-corrected chi connectivity index (χ4v) is 3.45. The van der Waals surface area contributed by atoms with E-state index in [0.717, 1.165) is 12.8 Å². The van der Waals surface area contributed by atoms with Gasteiger partial charge in [-0.05, 0) is 46.5 Å². The second-order valence-corrected chi connectivity index (χ2v) is 8.40. The second-order valence-electron chi connectivity index (χ2n) is 8.40. The molecule has 1 amide bonds. The number of alkyl carbamates (subject to hydrolysis) is 1. The first-order chi connectivity index (χ1) is 13.2. The molecule has 2 atom stereocenters. The van der Waals surface area contributed by atoms with Crippen LogP contribution in [0.2, 0.25) is 0 Å². The van der Waals surface area contributed by atoms with Crippen molar-refractivity contribution in [1.82, 2.24) is 15.1 Å². The number of hydrogen-bond donors (Lipinski definition) is 1. The molecular formula is C18H29N5O5. The van der Waals surface area contributed by atoms with Crippen LogP contribution >= 0.6 is 0 Å². The summed E-state index contributed by atoms with van der Waals surface area (Å²) in [6.45, 7) is 6.52. The van der Waals surface area contributed by atoms with Crippen LogP contribution in [0.3, 0.4) is 0 Å². The highest BCUT2D eigenvalue weighted by Crippen LogP contribution is 2.38. The van der Waals surface area contributed by atoms with Gasteiger partial charge in [-0.15, -0.1) is 5.10 Å². The van der Waals surface area contributed by atoms with E-state index >= 15 is 0 Å². The monoisotopic (exact) mass is 395 g/mol.